The maximum atomic E-state index is 13.1. The number of carbonyl (C=O) groups excluding carboxylic acids is 2. The SMILES string of the molecule is CC(=O)N1CCc2c(cc(-c3cnc4[nH]cc(C)c4c3)cc2[C@@H]2CCCN2C(=O)OC(C)(C)C)C1. The van der Waals surface area contributed by atoms with Gasteiger partial charge in [0.25, 0.3) is 0 Å². The number of H-pyrrole nitrogens is 1. The molecule has 1 saturated heterocycles. The summed E-state index contributed by atoms with van der Waals surface area (Å²) in [6, 6.07) is 6.57. The highest BCUT2D eigenvalue weighted by Gasteiger charge is 2.36. The molecule has 1 aromatic carbocycles. The Balaban J connectivity index is 1.60. The number of rotatable bonds is 2. The van der Waals surface area contributed by atoms with Crippen LogP contribution >= 0.6 is 0 Å². The third kappa shape index (κ3) is 4.51. The van der Waals surface area contributed by atoms with Crippen LogP contribution in [0.4, 0.5) is 4.79 Å². The zero-order chi connectivity index (χ0) is 24.9. The Kier molecular flexibility index (Phi) is 5.82. The molecular formula is C28H34N4O3. The van der Waals surface area contributed by atoms with Gasteiger partial charge in [-0.05, 0) is 93.0 Å². The van der Waals surface area contributed by atoms with E-state index in [0.717, 1.165) is 52.5 Å². The predicted molar refractivity (Wildman–Crippen MR) is 136 cm³/mol. The number of hydrogen-bond acceptors (Lipinski definition) is 4. The highest BCUT2D eigenvalue weighted by molar-refractivity contribution is 5.85. The quantitative estimate of drug-likeness (QED) is 0.531. The number of aromatic amines is 1. The Morgan fingerprint density at radius 3 is 2.69 bits per heavy atom. The van der Waals surface area contributed by atoms with E-state index < -0.39 is 5.60 Å². The number of pyridine rings is 1. The van der Waals surface area contributed by atoms with Crippen molar-refractivity contribution in [3.8, 4) is 11.1 Å². The van der Waals surface area contributed by atoms with Gasteiger partial charge < -0.3 is 19.5 Å². The topological polar surface area (TPSA) is 78.5 Å². The lowest BCUT2D eigenvalue weighted by Gasteiger charge is -2.34. The number of likely N-dealkylation sites (tertiary alicyclic amines) is 1. The first-order valence-electron chi connectivity index (χ1n) is 12.5. The Labute approximate surface area is 206 Å². The van der Waals surface area contributed by atoms with Crippen LogP contribution in [-0.4, -0.2) is 50.5 Å². The lowest BCUT2D eigenvalue weighted by atomic mass is 9.86. The van der Waals surface area contributed by atoms with Crippen LogP contribution in [0.1, 0.15) is 68.8 Å². The highest BCUT2D eigenvalue weighted by Crippen LogP contribution is 2.40. The van der Waals surface area contributed by atoms with Crippen molar-refractivity contribution in [1.82, 2.24) is 19.8 Å². The van der Waals surface area contributed by atoms with Gasteiger partial charge in [-0.25, -0.2) is 9.78 Å². The monoisotopic (exact) mass is 474 g/mol. The maximum Gasteiger partial charge on any atom is 0.410 e. The number of benzene rings is 1. The number of fused-ring (bicyclic) bond motifs is 2. The van der Waals surface area contributed by atoms with Gasteiger partial charge in [0.15, 0.2) is 0 Å². The van der Waals surface area contributed by atoms with E-state index in [9.17, 15) is 9.59 Å². The zero-order valence-corrected chi connectivity index (χ0v) is 21.3. The summed E-state index contributed by atoms with van der Waals surface area (Å²) in [5.74, 6) is 0.0879. The third-order valence-electron chi connectivity index (χ3n) is 7.13. The third-order valence-corrected chi connectivity index (χ3v) is 7.13. The molecule has 7 nitrogen and oxygen atoms in total. The van der Waals surface area contributed by atoms with Gasteiger partial charge in [0.05, 0.1) is 6.04 Å². The summed E-state index contributed by atoms with van der Waals surface area (Å²) >= 11 is 0. The maximum absolute atomic E-state index is 13.1. The first kappa shape index (κ1) is 23.4. The Bertz CT molecular complexity index is 1300. The smallest absolute Gasteiger partial charge is 0.410 e. The zero-order valence-electron chi connectivity index (χ0n) is 21.3. The number of aryl methyl sites for hydroxylation is 1. The van der Waals surface area contributed by atoms with Crippen molar-refractivity contribution < 1.29 is 14.3 Å². The molecule has 0 bridgehead atoms. The van der Waals surface area contributed by atoms with Crippen LogP contribution in [-0.2, 0) is 22.5 Å². The molecule has 1 fully saturated rings. The minimum atomic E-state index is -0.539. The number of ether oxygens (including phenoxy) is 1. The molecule has 0 unspecified atom stereocenters. The van der Waals surface area contributed by atoms with Gasteiger partial charge in [-0.3, -0.25) is 4.79 Å². The van der Waals surface area contributed by atoms with Crippen molar-refractivity contribution in [3.63, 3.8) is 0 Å². The fraction of sp³-hybridized carbons (Fsp3) is 0.464. The molecule has 0 radical (unpaired) electrons. The average Bonchev–Trinajstić information content (AvgIpc) is 3.44. The molecule has 1 atom stereocenters. The van der Waals surface area contributed by atoms with E-state index in [1.54, 1.807) is 6.92 Å². The second kappa shape index (κ2) is 8.70. The second-order valence-corrected chi connectivity index (χ2v) is 10.8. The molecule has 5 rings (SSSR count). The van der Waals surface area contributed by atoms with Gasteiger partial charge in [0.1, 0.15) is 11.2 Å². The standard InChI is InChI=1S/C28H34N4O3/c1-17-14-29-26-23(17)13-20(15-30-26)19-11-21-16-31(18(2)33)10-8-22(21)24(12-19)25-7-6-9-32(25)27(34)35-28(3,4)5/h11-15,25H,6-10,16H2,1-5H3,(H,29,30)/t25-/m0/s1. The molecule has 7 heteroatoms. The fourth-order valence-electron chi connectivity index (χ4n) is 5.39. The minimum absolute atomic E-state index is 0.0342. The van der Waals surface area contributed by atoms with E-state index in [0.29, 0.717) is 19.6 Å². The first-order chi connectivity index (χ1) is 16.6. The van der Waals surface area contributed by atoms with Gasteiger partial charge in [-0.15, -0.1) is 0 Å². The molecule has 1 N–H and O–H groups in total. The van der Waals surface area contributed by atoms with E-state index in [1.165, 1.54) is 11.1 Å². The Hall–Kier alpha value is -3.35. The van der Waals surface area contributed by atoms with Crippen molar-refractivity contribution in [2.45, 2.75) is 72.1 Å². The number of aromatic nitrogens is 2. The number of carbonyl (C=O) groups is 2. The van der Waals surface area contributed by atoms with Crippen LogP contribution in [0.2, 0.25) is 0 Å². The number of hydrogen-bond donors (Lipinski definition) is 1. The lowest BCUT2D eigenvalue weighted by molar-refractivity contribution is -0.129. The molecule has 3 aromatic rings. The number of amides is 2. The van der Waals surface area contributed by atoms with Crippen molar-refractivity contribution >= 4 is 23.0 Å². The van der Waals surface area contributed by atoms with Crippen molar-refractivity contribution in [3.05, 3.63) is 52.8 Å². The van der Waals surface area contributed by atoms with Crippen molar-refractivity contribution in [1.29, 1.82) is 0 Å². The Morgan fingerprint density at radius 2 is 1.94 bits per heavy atom. The molecule has 0 aliphatic carbocycles. The molecule has 35 heavy (non-hydrogen) atoms. The average molecular weight is 475 g/mol. The van der Waals surface area contributed by atoms with Crippen LogP contribution in [0.15, 0.2) is 30.6 Å². The Morgan fingerprint density at radius 1 is 1.14 bits per heavy atom. The van der Waals surface area contributed by atoms with Gasteiger partial charge >= 0.3 is 6.09 Å². The lowest BCUT2D eigenvalue weighted by Crippen LogP contribution is -2.38. The second-order valence-electron chi connectivity index (χ2n) is 10.8. The molecule has 2 aliphatic heterocycles. The van der Waals surface area contributed by atoms with Gasteiger partial charge in [-0.2, -0.15) is 0 Å². The molecule has 0 spiro atoms. The van der Waals surface area contributed by atoms with E-state index >= 15 is 0 Å². The van der Waals surface area contributed by atoms with E-state index in [-0.39, 0.29) is 18.0 Å². The number of nitrogens with zero attached hydrogens (tertiary/aromatic N) is 3. The van der Waals surface area contributed by atoms with Crippen LogP contribution < -0.4 is 0 Å². The predicted octanol–water partition coefficient (Wildman–Crippen LogP) is 5.51. The molecular weight excluding hydrogens is 440 g/mol. The summed E-state index contributed by atoms with van der Waals surface area (Å²) in [7, 11) is 0. The minimum Gasteiger partial charge on any atom is -0.444 e. The van der Waals surface area contributed by atoms with Crippen LogP contribution in [0, 0.1) is 6.92 Å². The van der Waals surface area contributed by atoms with E-state index in [1.807, 2.05) is 43.0 Å². The summed E-state index contributed by atoms with van der Waals surface area (Å²) in [5, 5.41) is 1.10. The highest BCUT2D eigenvalue weighted by atomic mass is 16.6. The summed E-state index contributed by atoms with van der Waals surface area (Å²) in [5.41, 5.74) is 7.18. The van der Waals surface area contributed by atoms with Crippen LogP contribution in [0.3, 0.4) is 0 Å². The molecule has 2 amide bonds. The normalized spacial score (nSPS) is 18.1. The summed E-state index contributed by atoms with van der Waals surface area (Å²) in [6.07, 6.45) is 6.25. The first-order valence-corrected chi connectivity index (χ1v) is 12.5. The summed E-state index contributed by atoms with van der Waals surface area (Å²) in [4.78, 5) is 36.9. The molecule has 0 saturated carbocycles. The van der Waals surface area contributed by atoms with Crippen LogP contribution in [0.25, 0.3) is 22.2 Å². The van der Waals surface area contributed by atoms with Gasteiger partial charge in [-0.1, -0.05) is 0 Å². The van der Waals surface area contributed by atoms with Crippen molar-refractivity contribution in [2.24, 2.45) is 0 Å². The largest absolute Gasteiger partial charge is 0.444 e. The van der Waals surface area contributed by atoms with E-state index in [2.05, 4.69) is 35.1 Å². The van der Waals surface area contributed by atoms with E-state index in [4.69, 9.17) is 4.74 Å². The van der Waals surface area contributed by atoms with Gasteiger partial charge in [0, 0.05) is 49.9 Å². The summed E-state index contributed by atoms with van der Waals surface area (Å²) < 4.78 is 5.75. The van der Waals surface area contributed by atoms with Crippen LogP contribution in [0.5, 0.6) is 0 Å². The summed E-state index contributed by atoms with van der Waals surface area (Å²) in [6.45, 7) is 11.4. The number of nitrogens with one attached hydrogen (secondary N) is 1. The van der Waals surface area contributed by atoms with Gasteiger partial charge in [0.2, 0.25) is 5.91 Å². The fourth-order valence-corrected chi connectivity index (χ4v) is 5.39. The molecule has 184 valence electrons. The molecule has 2 aliphatic rings. The van der Waals surface area contributed by atoms with Crippen molar-refractivity contribution in [2.75, 3.05) is 13.1 Å². The molecule has 2 aromatic heterocycles. The molecule has 4 heterocycles.